The number of aromatic nitrogens is 1. The Kier molecular flexibility index (Phi) is 4.52. The number of carbonyl (C=O) groups is 1. The monoisotopic (exact) mass is 307 g/mol. The molecule has 1 saturated heterocycles. The molecule has 0 spiro atoms. The number of β-amino-alcohol motifs (C(OH)–C–C–N with tert-alkyl or cyclic N) is 1. The Morgan fingerprint density at radius 3 is 2.86 bits per heavy atom. The van der Waals surface area contributed by atoms with Crippen LogP contribution in [0.1, 0.15) is 36.3 Å². The van der Waals surface area contributed by atoms with Crippen LogP contribution < -0.4 is 5.32 Å². The topological polar surface area (TPSA) is 66.7 Å². The van der Waals surface area contributed by atoms with Crippen LogP contribution in [-0.2, 0) is 4.74 Å². The van der Waals surface area contributed by atoms with Crippen molar-refractivity contribution in [3.8, 4) is 0 Å². The number of morpholine rings is 1. The zero-order valence-electron chi connectivity index (χ0n) is 13.1. The number of amides is 1. The van der Waals surface area contributed by atoms with Gasteiger partial charge in [0.05, 0.1) is 18.8 Å². The predicted molar refractivity (Wildman–Crippen MR) is 82.9 cm³/mol. The number of hydrogen-bond acceptors (Lipinski definition) is 4. The van der Waals surface area contributed by atoms with E-state index in [-0.39, 0.29) is 12.5 Å². The van der Waals surface area contributed by atoms with Crippen molar-refractivity contribution in [3.05, 3.63) is 24.0 Å². The highest BCUT2D eigenvalue weighted by atomic mass is 16.5. The summed E-state index contributed by atoms with van der Waals surface area (Å²) in [5, 5.41) is 13.4. The van der Waals surface area contributed by atoms with Crippen molar-refractivity contribution in [3.63, 3.8) is 0 Å². The quantitative estimate of drug-likeness (QED) is 0.809. The summed E-state index contributed by atoms with van der Waals surface area (Å²) in [6.45, 7) is 5.62. The van der Waals surface area contributed by atoms with E-state index in [9.17, 15) is 9.90 Å². The molecule has 0 bridgehead atoms. The molecule has 0 radical (unpaired) electrons. The van der Waals surface area contributed by atoms with Crippen LogP contribution in [0, 0.1) is 0 Å². The maximum Gasteiger partial charge on any atom is 0.268 e. The molecule has 6 heteroatoms. The lowest BCUT2D eigenvalue weighted by Gasteiger charge is -2.33. The Hall–Kier alpha value is -1.37. The standard InChI is InChI=1S/C16H25N3O3/c1-16(21,12-18-7-9-22-10-8-18)11-17-15(20)14-3-2-6-19(14)13-4-5-13/h2-3,6,13,21H,4-5,7-12H2,1H3,(H,17,20). The lowest BCUT2D eigenvalue weighted by atomic mass is 10.1. The second-order valence-electron chi connectivity index (χ2n) is 6.60. The summed E-state index contributed by atoms with van der Waals surface area (Å²) in [5.74, 6) is -0.112. The number of nitrogens with zero attached hydrogens (tertiary/aromatic N) is 2. The first-order chi connectivity index (χ1) is 10.6. The zero-order valence-corrected chi connectivity index (χ0v) is 13.1. The number of carbonyl (C=O) groups excluding carboxylic acids is 1. The molecular weight excluding hydrogens is 282 g/mol. The van der Waals surface area contributed by atoms with Crippen LogP contribution in [0.25, 0.3) is 0 Å². The van der Waals surface area contributed by atoms with Crippen molar-refractivity contribution in [2.75, 3.05) is 39.4 Å². The van der Waals surface area contributed by atoms with E-state index in [4.69, 9.17) is 4.74 Å². The summed E-state index contributed by atoms with van der Waals surface area (Å²) in [5.41, 5.74) is -0.256. The minimum absolute atomic E-state index is 0.112. The molecule has 122 valence electrons. The Morgan fingerprint density at radius 2 is 2.18 bits per heavy atom. The summed E-state index contributed by atoms with van der Waals surface area (Å²) in [6.07, 6.45) is 4.24. The Balaban J connectivity index is 1.51. The number of hydrogen-bond donors (Lipinski definition) is 2. The third kappa shape index (κ3) is 3.88. The Morgan fingerprint density at radius 1 is 1.45 bits per heavy atom. The van der Waals surface area contributed by atoms with Crippen LogP contribution in [0.5, 0.6) is 0 Å². The van der Waals surface area contributed by atoms with Crippen molar-refractivity contribution < 1.29 is 14.6 Å². The van der Waals surface area contributed by atoms with Crippen LogP contribution in [0.3, 0.4) is 0 Å². The third-order valence-electron chi connectivity index (χ3n) is 4.25. The molecule has 1 aromatic rings. The first-order valence-electron chi connectivity index (χ1n) is 8.03. The van der Waals surface area contributed by atoms with Gasteiger partial charge < -0.3 is 19.7 Å². The summed E-state index contributed by atoms with van der Waals surface area (Å²) in [6, 6.07) is 4.22. The molecule has 1 aliphatic heterocycles. The van der Waals surface area contributed by atoms with E-state index < -0.39 is 5.60 Å². The van der Waals surface area contributed by atoms with E-state index in [1.807, 2.05) is 22.9 Å². The molecule has 2 fully saturated rings. The Bertz CT molecular complexity index is 516. The van der Waals surface area contributed by atoms with Gasteiger partial charge in [0.2, 0.25) is 0 Å². The summed E-state index contributed by atoms with van der Waals surface area (Å²) < 4.78 is 7.34. The van der Waals surface area contributed by atoms with Gasteiger partial charge in [-0.25, -0.2) is 0 Å². The molecule has 2 aliphatic rings. The van der Waals surface area contributed by atoms with Gasteiger partial charge in [-0.15, -0.1) is 0 Å². The second kappa shape index (κ2) is 6.40. The van der Waals surface area contributed by atoms with Gasteiger partial charge in [0.25, 0.3) is 5.91 Å². The summed E-state index contributed by atoms with van der Waals surface area (Å²) in [4.78, 5) is 14.5. The number of rotatable bonds is 6. The summed E-state index contributed by atoms with van der Waals surface area (Å²) >= 11 is 0. The highest BCUT2D eigenvalue weighted by molar-refractivity contribution is 5.92. The van der Waals surface area contributed by atoms with Gasteiger partial charge in [0.15, 0.2) is 0 Å². The molecule has 1 aromatic heterocycles. The van der Waals surface area contributed by atoms with Crippen LogP contribution >= 0.6 is 0 Å². The van der Waals surface area contributed by atoms with E-state index in [1.165, 1.54) is 0 Å². The maximum absolute atomic E-state index is 12.3. The van der Waals surface area contributed by atoms with Gasteiger partial charge in [0, 0.05) is 38.4 Å². The molecule has 2 heterocycles. The highest BCUT2D eigenvalue weighted by Gasteiger charge is 2.29. The van der Waals surface area contributed by atoms with Gasteiger partial charge in [-0.1, -0.05) is 0 Å². The molecule has 6 nitrogen and oxygen atoms in total. The lowest BCUT2D eigenvalue weighted by molar-refractivity contribution is -0.0213. The number of nitrogens with one attached hydrogen (secondary N) is 1. The van der Waals surface area contributed by atoms with Gasteiger partial charge in [-0.2, -0.15) is 0 Å². The predicted octanol–water partition coefficient (Wildman–Crippen LogP) is 0.636. The van der Waals surface area contributed by atoms with Crippen molar-refractivity contribution in [2.45, 2.75) is 31.4 Å². The fourth-order valence-electron chi connectivity index (χ4n) is 2.92. The molecule has 0 aromatic carbocycles. The zero-order chi connectivity index (χ0) is 15.6. The molecule has 22 heavy (non-hydrogen) atoms. The number of ether oxygens (including phenoxy) is 1. The van der Waals surface area contributed by atoms with E-state index in [1.54, 1.807) is 6.92 Å². The fraction of sp³-hybridized carbons (Fsp3) is 0.688. The van der Waals surface area contributed by atoms with Gasteiger partial charge >= 0.3 is 0 Å². The number of aliphatic hydroxyl groups is 1. The van der Waals surface area contributed by atoms with Crippen molar-refractivity contribution in [1.82, 2.24) is 14.8 Å². The minimum Gasteiger partial charge on any atom is -0.387 e. The van der Waals surface area contributed by atoms with E-state index in [0.717, 1.165) is 25.9 Å². The molecule has 1 atom stereocenters. The van der Waals surface area contributed by atoms with E-state index in [0.29, 0.717) is 31.5 Å². The second-order valence-corrected chi connectivity index (χ2v) is 6.60. The smallest absolute Gasteiger partial charge is 0.268 e. The SMILES string of the molecule is CC(O)(CNC(=O)c1cccn1C1CC1)CN1CCOCC1. The molecule has 1 aliphatic carbocycles. The minimum atomic E-state index is -0.940. The Labute approximate surface area is 131 Å². The van der Waals surface area contributed by atoms with Crippen LogP contribution in [-0.4, -0.2) is 65.5 Å². The van der Waals surface area contributed by atoms with E-state index >= 15 is 0 Å². The van der Waals surface area contributed by atoms with Gasteiger partial charge in [0.1, 0.15) is 5.69 Å². The molecule has 1 amide bonds. The van der Waals surface area contributed by atoms with E-state index in [2.05, 4.69) is 10.2 Å². The van der Waals surface area contributed by atoms with Crippen molar-refractivity contribution in [2.24, 2.45) is 0 Å². The lowest BCUT2D eigenvalue weighted by Crippen LogP contribution is -2.51. The molecular formula is C16H25N3O3. The molecule has 3 rings (SSSR count). The first-order valence-corrected chi connectivity index (χ1v) is 8.03. The highest BCUT2D eigenvalue weighted by Crippen LogP contribution is 2.35. The van der Waals surface area contributed by atoms with Crippen molar-refractivity contribution >= 4 is 5.91 Å². The van der Waals surface area contributed by atoms with Crippen LogP contribution in [0.4, 0.5) is 0 Å². The third-order valence-corrected chi connectivity index (χ3v) is 4.25. The summed E-state index contributed by atoms with van der Waals surface area (Å²) in [7, 11) is 0. The van der Waals surface area contributed by atoms with Crippen LogP contribution in [0.15, 0.2) is 18.3 Å². The van der Waals surface area contributed by atoms with Gasteiger partial charge in [-0.3, -0.25) is 9.69 Å². The molecule has 1 unspecified atom stereocenters. The first kappa shape index (κ1) is 15.5. The largest absolute Gasteiger partial charge is 0.387 e. The molecule has 1 saturated carbocycles. The van der Waals surface area contributed by atoms with Gasteiger partial charge in [-0.05, 0) is 31.9 Å². The maximum atomic E-state index is 12.3. The normalized spacial score (nSPS) is 22.3. The molecule has 2 N–H and O–H groups in total. The average molecular weight is 307 g/mol. The fourth-order valence-corrected chi connectivity index (χ4v) is 2.92. The van der Waals surface area contributed by atoms with Crippen LogP contribution in [0.2, 0.25) is 0 Å². The van der Waals surface area contributed by atoms with Crippen molar-refractivity contribution in [1.29, 1.82) is 0 Å². The average Bonchev–Trinajstić information content (AvgIpc) is 3.22.